The molecule has 1 unspecified atom stereocenters. The first-order chi connectivity index (χ1) is 8.15. The molecule has 1 atom stereocenters. The fourth-order valence-corrected chi connectivity index (χ4v) is 1.27. The zero-order chi connectivity index (χ0) is 14.1. The summed E-state index contributed by atoms with van der Waals surface area (Å²) in [7, 11) is 1.28. The van der Waals surface area contributed by atoms with Crippen molar-refractivity contribution in [2.75, 3.05) is 7.11 Å². The van der Waals surface area contributed by atoms with Crippen LogP contribution in [-0.4, -0.2) is 23.2 Å². The molecule has 1 N–H and O–H groups in total. The van der Waals surface area contributed by atoms with Gasteiger partial charge in [-0.25, -0.2) is 9.78 Å². The Morgan fingerprint density at radius 2 is 2.06 bits per heavy atom. The van der Waals surface area contributed by atoms with Crippen LogP contribution in [0.25, 0.3) is 0 Å². The Kier molecular flexibility index (Phi) is 3.70. The maximum absolute atomic E-state index is 12.6. The van der Waals surface area contributed by atoms with Crippen LogP contribution in [0.5, 0.6) is 0 Å². The highest BCUT2D eigenvalue weighted by Gasteiger charge is 2.44. The number of nitrogens with zero attached hydrogens (tertiary/aromatic N) is 1. The van der Waals surface area contributed by atoms with Gasteiger partial charge in [0.1, 0.15) is 5.60 Å². The molecule has 1 heterocycles. The normalized spacial score (nSPS) is 15.4. The first-order valence-electron chi connectivity index (χ1n) is 5.02. The molecule has 1 aromatic heterocycles. The van der Waals surface area contributed by atoms with Crippen LogP contribution in [0.3, 0.4) is 0 Å². The minimum atomic E-state index is -4.89. The first kappa shape index (κ1) is 14.5. The average molecular weight is 267 g/mol. The van der Waals surface area contributed by atoms with Gasteiger partial charge in [0.15, 0.2) is 5.69 Å². The van der Waals surface area contributed by atoms with Crippen molar-refractivity contribution in [2.45, 2.75) is 32.0 Å². The minimum absolute atomic E-state index is 0.278. The van der Waals surface area contributed by atoms with E-state index in [1.165, 1.54) is 14.0 Å². The molecule has 0 fully saturated rings. The third-order valence-electron chi connectivity index (χ3n) is 2.67. The molecule has 8 heteroatoms. The summed E-state index contributed by atoms with van der Waals surface area (Å²) in [6.45, 7) is 3.12. The monoisotopic (exact) mass is 267 g/mol. The molecule has 0 aliphatic heterocycles. The van der Waals surface area contributed by atoms with Crippen LogP contribution in [0.1, 0.15) is 42.4 Å². The molecule has 0 spiro atoms. The summed E-state index contributed by atoms with van der Waals surface area (Å²) in [4.78, 5) is 13.9. The van der Waals surface area contributed by atoms with Crippen molar-refractivity contribution >= 4 is 5.97 Å². The summed E-state index contributed by atoms with van der Waals surface area (Å²) in [6, 6.07) is 0. The van der Waals surface area contributed by atoms with E-state index in [2.05, 4.69) is 4.98 Å². The summed E-state index contributed by atoms with van der Waals surface area (Å²) in [5, 5.41) is 8.68. The summed E-state index contributed by atoms with van der Waals surface area (Å²) in [6.07, 6.45) is -4.61. The first-order valence-corrected chi connectivity index (χ1v) is 5.02. The summed E-state index contributed by atoms with van der Waals surface area (Å²) in [5.74, 6) is -3.46. The Morgan fingerprint density at radius 3 is 2.33 bits per heavy atom. The molecule has 0 aliphatic carbocycles. The lowest BCUT2D eigenvalue weighted by molar-refractivity contribution is -0.141. The summed E-state index contributed by atoms with van der Waals surface area (Å²) >= 11 is 0. The molecular weight excluding hydrogens is 255 g/mol. The molecule has 0 saturated heterocycles. The lowest BCUT2D eigenvalue weighted by Gasteiger charge is -2.22. The van der Waals surface area contributed by atoms with E-state index in [4.69, 9.17) is 14.3 Å². The van der Waals surface area contributed by atoms with Gasteiger partial charge >= 0.3 is 12.1 Å². The van der Waals surface area contributed by atoms with Gasteiger partial charge in [0.25, 0.3) is 0 Å². The predicted octanol–water partition coefficient (Wildman–Crippen LogP) is 2.66. The van der Waals surface area contributed by atoms with Gasteiger partial charge in [-0.15, -0.1) is 0 Å². The fraction of sp³-hybridized carbons (Fsp3) is 0.600. The van der Waals surface area contributed by atoms with Gasteiger partial charge in [0.2, 0.25) is 11.7 Å². The fourth-order valence-electron chi connectivity index (χ4n) is 1.27. The smallest absolute Gasteiger partial charge is 0.437 e. The number of carbonyl (C=O) groups is 1. The molecule has 1 rings (SSSR count). The number of aromatic nitrogens is 1. The van der Waals surface area contributed by atoms with Gasteiger partial charge in [0.05, 0.1) is 0 Å². The standard InChI is InChI=1S/C10H12F3NO4/c1-4-9(2,17-3)8-14-6(10(11,12)13)5(18-8)7(15)16/h4H2,1-3H3,(H,15,16). The number of hydrogen-bond acceptors (Lipinski definition) is 4. The van der Waals surface area contributed by atoms with Gasteiger partial charge in [-0.2, -0.15) is 13.2 Å². The molecule has 0 saturated carbocycles. The highest BCUT2D eigenvalue weighted by molar-refractivity contribution is 5.85. The second-order valence-electron chi connectivity index (χ2n) is 3.79. The lowest BCUT2D eigenvalue weighted by atomic mass is 10.0. The Labute approximate surface area is 101 Å². The van der Waals surface area contributed by atoms with Crippen molar-refractivity contribution in [3.8, 4) is 0 Å². The molecule has 5 nitrogen and oxygen atoms in total. The summed E-state index contributed by atoms with van der Waals surface area (Å²) in [5.41, 5.74) is -2.75. The van der Waals surface area contributed by atoms with E-state index in [1.54, 1.807) is 6.92 Å². The Morgan fingerprint density at radius 1 is 1.50 bits per heavy atom. The Hall–Kier alpha value is -1.57. The van der Waals surface area contributed by atoms with Crippen molar-refractivity contribution in [2.24, 2.45) is 0 Å². The largest absolute Gasteiger partial charge is 0.475 e. The number of ether oxygens (including phenoxy) is 1. The number of hydrogen-bond donors (Lipinski definition) is 1. The van der Waals surface area contributed by atoms with E-state index in [0.29, 0.717) is 0 Å². The van der Waals surface area contributed by atoms with E-state index < -0.39 is 35.1 Å². The Balaban J connectivity index is 3.40. The molecule has 0 amide bonds. The van der Waals surface area contributed by atoms with Gasteiger partial charge in [-0.1, -0.05) is 6.92 Å². The van der Waals surface area contributed by atoms with Crippen molar-refractivity contribution in [3.05, 3.63) is 17.3 Å². The maximum atomic E-state index is 12.6. The highest BCUT2D eigenvalue weighted by Crippen LogP contribution is 2.36. The number of alkyl halides is 3. The second kappa shape index (κ2) is 4.60. The molecule has 102 valence electrons. The predicted molar refractivity (Wildman–Crippen MR) is 53.1 cm³/mol. The number of carboxylic acids is 1. The van der Waals surface area contributed by atoms with Crippen LogP contribution in [-0.2, 0) is 16.5 Å². The molecule has 0 bridgehead atoms. The number of aromatic carboxylic acids is 1. The number of rotatable bonds is 4. The van der Waals surface area contributed by atoms with Crippen molar-refractivity contribution in [3.63, 3.8) is 0 Å². The van der Waals surface area contributed by atoms with Gasteiger partial charge in [0, 0.05) is 7.11 Å². The second-order valence-corrected chi connectivity index (χ2v) is 3.79. The zero-order valence-electron chi connectivity index (χ0n) is 9.96. The molecule has 0 aliphatic rings. The third-order valence-corrected chi connectivity index (χ3v) is 2.67. The maximum Gasteiger partial charge on any atom is 0.437 e. The highest BCUT2D eigenvalue weighted by atomic mass is 19.4. The van der Waals surface area contributed by atoms with E-state index in [9.17, 15) is 18.0 Å². The quantitative estimate of drug-likeness (QED) is 0.907. The molecule has 0 radical (unpaired) electrons. The zero-order valence-corrected chi connectivity index (χ0v) is 9.96. The van der Waals surface area contributed by atoms with Gasteiger partial charge in [-0.05, 0) is 13.3 Å². The van der Waals surface area contributed by atoms with Crippen molar-refractivity contribution in [1.82, 2.24) is 4.98 Å². The van der Waals surface area contributed by atoms with Crippen molar-refractivity contribution < 1.29 is 32.2 Å². The number of oxazole rings is 1. The minimum Gasteiger partial charge on any atom is -0.475 e. The Bertz CT molecular complexity index is 448. The number of methoxy groups -OCH3 is 1. The van der Waals surface area contributed by atoms with Crippen LogP contribution < -0.4 is 0 Å². The van der Waals surface area contributed by atoms with Crippen LogP contribution in [0.2, 0.25) is 0 Å². The van der Waals surface area contributed by atoms with Crippen molar-refractivity contribution in [1.29, 1.82) is 0 Å². The lowest BCUT2D eigenvalue weighted by Crippen LogP contribution is -2.24. The van der Waals surface area contributed by atoms with Crippen LogP contribution >= 0.6 is 0 Å². The molecule has 0 aromatic carbocycles. The van der Waals surface area contributed by atoms with Crippen LogP contribution in [0.15, 0.2) is 4.42 Å². The SMILES string of the molecule is CCC(C)(OC)c1nc(C(F)(F)F)c(C(=O)O)o1. The van der Waals surface area contributed by atoms with E-state index >= 15 is 0 Å². The van der Waals surface area contributed by atoms with E-state index in [-0.39, 0.29) is 6.42 Å². The van der Waals surface area contributed by atoms with Crippen LogP contribution in [0, 0.1) is 0 Å². The number of halogens is 3. The average Bonchev–Trinajstić information content (AvgIpc) is 2.73. The summed E-state index contributed by atoms with van der Waals surface area (Å²) < 4.78 is 47.5. The molecule has 1 aromatic rings. The number of carboxylic acid groups (broad SMARTS) is 1. The molecule has 18 heavy (non-hydrogen) atoms. The van der Waals surface area contributed by atoms with E-state index in [0.717, 1.165) is 0 Å². The molecular formula is C10H12F3NO4. The van der Waals surface area contributed by atoms with Crippen LogP contribution in [0.4, 0.5) is 13.2 Å². The van der Waals surface area contributed by atoms with Gasteiger partial charge < -0.3 is 14.3 Å². The topological polar surface area (TPSA) is 72.6 Å². The third kappa shape index (κ3) is 2.47. The van der Waals surface area contributed by atoms with E-state index in [1.807, 2.05) is 0 Å². The van der Waals surface area contributed by atoms with Gasteiger partial charge in [-0.3, -0.25) is 0 Å².